The van der Waals surface area contributed by atoms with Crippen molar-refractivity contribution in [3.63, 3.8) is 0 Å². The molecular weight excluding hydrogens is 460 g/mol. The molecule has 0 radical (unpaired) electrons. The van der Waals surface area contributed by atoms with Crippen LogP contribution in [0.2, 0.25) is 0 Å². The summed E-state index contributed by atoms with van der Waals surface area (Å²) in [6.07, 6.45) is 0.752. The molecule has 168 valence electrons. The van der Waals surface area contributed by atoms with Crippen molar-refractivity contribution >= 4 is 45.2 Å². The third-order valence-corrected chi connectivity index (χ3v) is 6.29. The summed E-state index contributed by atoms with van der Waals surface area (Å²) in [5.41, 5.74) is 3.11. The van der Waals surface area contributed by atoms with E-state index in [-0.39, 0.29) is 11.0 Å². The van der Waals surface area contributed by atoms with Crippen LogP contribution in [0.25, 0.3) is 15.5 Å². The molecule has 5 rings (SSSR count). The normalized spacial score (nSPS) is 12.5. The number of benzene rings is 2. The molecular formula is C22H20N6O3S2. The smallest absolute Gasteiger partial charge is 0.257 e. The van der Waals surface area contributed by atoms with Gasteiger partial charge in [0, 0.05) is 23.2 Å². The molecule has 1 aliphatic heterocycles. The Labute approximate surface area is 198 Å². The van der Waals surface area contributed by atoms with Crippen LogP contribution in [0, 0.1) is 6.92 Å². The fraction of sp³-hybridized carbons (Fsp3) is 0.227. The number of thiocarbonyl (C=S) groups is 1. The van der Waals surface area contributed by atoms with Gasteiger partial charge in [-0.05, 0) is 49.0 Å². The number of carbonyl (C=O) groups excluding carboxylic acids is 1. The van der Waals surface area contributed by atoms with Gasteiger partial charge in [0.1, 0.15) is 18.2 Å². The van der Waals surface area contributed by atoms with Gasteiger partial charge in [-0.2, -0.15) is 9.61 Å². The van der Waals surface area contributed by atoms with Crippen LogP contribution in [-0.2, 0) is 6.42 Å². The minimum absolute atomic E-state index is 0.196. The molecule has 3 heterocycles. The number of nitrogens with one attached hydrogen (secondary N) is 2. The average Bonchev–Trinajstić information content (AvgIpc) is 3.41. The number of aryl methyl sites for hydroxylation is 2. The molecule has 0 aliphatic carbocycles. The van der Waals surface area contributed by atoms with Crippen molar-refractivity contribution in [3.8, 4) is 22.1 Å². The SMILES string of the molecule is CCc1nnc2sc(-c3ccc(C)c(NC(=S)NC(=O)c4ccc5c(c4)OCCO5)c3)nn12. The molecule has 33 heavy (non-hydrogen) atoms. The Bertz CT molecular complexity index is 1380. The standard InChI is InChI=1S/C22H20N6O3S2/c1-3-18-25-26-22-28(18)27-20(33-22)14-5-4-12(2)15(10-14)23-21(32)24-19(29)13-6-7-16-17(11-13)31-9-8-30-16/h4-7,10-11H,3,8-9H2,1-2H3,(H2,23,24,29,32). The summed E-state index contributed by atoms with van der Waals surface area (Å²) in [6, 6.07) is 11.0. The van der Waals surface area contributed by atoms with Crippen molar-refractivity contribution in [1.82, 2.24) is 25.1 Å². The molecule has 0 saturated carbocycles. The maximum absolute atomic E-state index is 12.7. The minimum Gasteiger partial charge on any atom is -0.486 e. The highest BCUT2D eigenvalue weighted by Gasteiger charge is 2.17. The summed E-state index contributed by atoms with van der Waals surface area (Å²) in [7, 11) is 0. The number of aromatic nitrogens is 4. The van der Waals surface area contributed by atoms with E-state index >= 15 is 0 Å². The van der Waals surface area contributed by atoms with Gasteiger partial charge in [-0.25, -0.2) is 0 Å². The molecule has 2 aromatic heterocycles. The van der Waals surface area contributed by atoms with Gasteiger partial charge in [0.25, 0.3) is 5.91 Å². The van der Waals surface area contributed by atoms with E-state index in [0.717, 1.165) is 39.0 Å². The molecule has 0 unspecified atom stereocenters. The maximum atomic E-state index is 12.7. The lowest BCUT2D eigenvalue weighted by molar-refractivity contribution is 0.0976. The van der Waals surface area contributed by atoms with E-state index in [2.05, 4.69) is 25.9 Å². The Morgan fingerprint density at radius 3 is 2.79 bits per heavy atom. The molecule has 0 spiro atoms. The summed E-state index contributed by atoms with van der Waals surface area (Å²) in [4.78, 5) is 13.4. The van der Waals surface area contributed by atoms with Crippen LogP contribution in [0.5, 0.6) is 11.5 Å². The van der Waals surface area contributed by atoms with E-state index < -0.39 is 0 Å². The quantitative estimate of drug-likeness (QED) is 0.427. The lowest BCUT2D eigenvalue weighted by Crippen LogP contribution is -2.34. The van der Waals surface area contributed by atoms with Crippen LogP contribution < -0.4 is 20.1 Å². The highest BCUT2D eigenvalue weighted by atomic mass is 32.1. The molecule has 1 amide bonds. The van der Waals surface area contributed by atoms with Gasteiger partial charge < -0.3 is 14.8 Å². The van der Waals surface area contributed by atoms with Crippen molar-refractivity contribution < 1.29 is 14.3 Å². The number of hydrogen-bond donors (Lipinski definition) is 2. The fourth-order valence-corrected chi connectivity index (χ4v) is 4.45. The Morgan fingerprint density at radius 1 is 1.15 bits per heavy atom. The highest BCUT2D eigenvalue weighted by Crippen LogP contribution is 2.31. The zero-order valence-electron chi connectivity index (χ0n) is 17.9. The van der Waals surface area contributed by atoms with Crippen LogP contribution in [0.3, 0.4) is 0 Å². The van der Waals surface area contributed by atoms with Gasteiger partial charge in [-0.15, -0.1) is 10.2 Å². The van der Waals surface area contributed by atoms with Gasteiger partial charge in [0.2, 0.25) is 4.96 Å². The van der Waals surface area contributed by atoms with Crippen LogP contribution >= 0.6 is 23.6 Å². The summed E-state index contributed by atoms with van der Waals surface area (Å²) in [6.45, 7) is 4.93. The second kappa shape index (κ2) is 8.75. The van der Waals surface area contributed by atoms with Gasteiger partial charge in [0.05, 0.1) is 0 Å². The zero-order valence-corrected chi connectivity index (χ0v) is 19.5. The lowest BCUT2D eigenvalue weighted by atomic mass is 10.1. The van der Waals surface area contributed by atoms with Gasteiger partial charge >= 0.3 is 0 Å². The molecule has 0 saturated heterocycles. The van der Waals surface area contributed by atoms with Crippen LogP contribution in [0.1, 0.15) is 28.7 Å². The number of anilines is 1. The number of nitrogens with zero attached hydrogens (tertiary/aromatic N) is 4. The van der Waals surface area contributed by atoms with E-state index in [4.69, 9.17) is 21.7 Å². The van der Waals surface area contributed by atoms with E-state index in [1.54, 1.807) is 22.7 Å². The van der Waals surface area contributed by atoms with Crippen molar-refractivity contribution in [2.75, 3.05) is 18.5 Å². The number of rotatable bonds is 4. The van der Waals surface area contributed by atoms with Crippen molar-refractivity contribution in [2.45, 2.75) is 20.3 Å². The fourth-order valence-electron chi connectivity index (χ4n) is 3.40. The molecule has 0 bridgehead atoms. The Hall–Kier alpha value is -3.57. The summed E-state index contributed by atoms with van der Waals surface area (Å²) in [5, 5.41) is 19.8. The number of hydrogen-bond acceptors (Lipinski definition) is 8. The van der Waals surface area contributed by atoms with E-state index in [1.165, 1.54) is 11.3 Å². The molecule has 2 N–H and O–H groups in total. The molecule has 9 nitrogen and oxygen atoms in total. The number of fused-ring (bicyclic) bond motifs is 2. The number of carbonyl (C=O) groups is 1. The van der Waals surface area contributed by atoms with Crippen molar-refractivity contribution in [2.24, 2.45) is 0 Å². The third kappa shape index (κ3) is 4.24. The average molecular weight is 481 g/mol. The van der Waals surface area contributed by atoms with E-state index in [9.17, 15) is 4.79 Å². The number of ether oxygens (including phenoxy) is 2. The topological polar surface area (TPSA) is 103 Å². The van der Waals surface area contributed by atoms with Crippen LogP contribution in [-0.4, -0.2) is 44.0 Å². The first kappa shape index (κ1) is 21.3. The largest absolute Gasteiger partial charge is 0.486 e. The van der Waals surface area contributed by atoms with Gasteiger partial charge in [0.15, 0.2) is 22.4 Å². The highest BCUT2D eigenvalue weighted by molar-refractivity contribution is 7.80. The molecule has 0 fully saturated rings. The van der Waals surface area contributed by atoms with Crippen molar-refractivity contribution in [1.29, 1.82) is 0 Å². The molecule has 4 aromatic rings. The van der Waals surface area contributed by atoms with Crippen molar-refractivity contribution in [3.05, 3.63) is 53.3 Å². The summed E-state index contributed by atoms with van der Waals surface area (Å²) in [5.74, 6) is 1.66. The van der Waals surface area contributed by atoms with E-state index in [0.29, 0.717) is 30.3 Å². The first-order chi connectivity index (χ1) is 16.0. The second-order valence-electron chi connectivity index (χ2n) is 7.37. The third-order valence-electron chi connectivity index (χ3n) is 5.14. The maximum Gasteiger partial charge on any atom is 0.257 e. The summed E-state index contributed by atoms with van der Waals surface area (Å²) < 4.78 is 12.8. The van der Waals surface area contributed by atoms with Gasteiger partial charge in [-0.3, -0.25) is 10.1 Å². The molecule has 0 atom stereocenters. The Morgan fingerprint density at radius 2 is 1.97 bits per heavy atom. The first-order valence-electron chi connectivity index (χ1n) is 10.4. The Balaban J connectivity index is 1.31. The monoisotopic (exact) mass is 480 g/mol. The van der Waals surface area contributed by atoms with E-state index in [1.807, 2.05) is 32.0 Å². The second-order valence-corrected chi connectivity index (χ2v) is 8.73. The Kier molecular flexibility index (Phi) is 5.65. The molecule has 1 aliphatic rings. The lowest BCUT2D eigenvalue weighted by Gasteiger charge is -2.19. The summed E-state index contributed by atoms with van der Waals surface area (Å²) >= 11 is 6.85. The molecule has 11 heteroatoms. The number of amides is 1. The van der Waals surface area contributed by atoms with Crippen LogP contribution in [0.15, 0.2) is 36.4 Å². The predicted octanol–water partition coefficient (Wildman–Crippen LogP) is 3.62. The molecule has 2 aromatic carbocycles. The zero-order chi connectivity index (χ0) is 22.9. The minimum atomic E-state index is -0.334. The first-order valence-corrected chi connectivity index (χ1v) is 11.6. The predicted molar refractivity (Wildman–Crippen MR) is 129 cm³/mol. The van der Waals surface area contributed by atoms with Gasteiger partial charge in [-0.1, -0.05) is 30.4 Å². The van der Waals surface area contributed by atoms with Crippen LogP contribution in [0.4, 0.5) is 5.69 Å².